The van der Waals surface area contributed by atoms with Crippen LogP contribution in [0.2, 0.25) is 0 Å². The average molecular weight is 469 g/mol. The standard InChI is InChI=1S/C21H17BrN4O2S/c22-20-12-16(8-11-19(20)17-9-6-15(13-23)7-10-17)14-25-21(24)26-29(27,28)18-4-2-1-3-5-18/h1-12H,14H2,(H3,24,25,26). The van der Waals surface area contributed by atoms with Gasteiger partial charge < -0.3 is 5.73 Å². The van der Waals surface area contributed by atoms with E-state index in [1.165, 1.54) is 12.1 Å². The van der Waals surface area contributed by atoms with Gasteiger partial charge in [-0.15, -0.1) is 0 Å². The quantitative estimate of drug-likeness (QED) is 0.438. The maximum absolute atomic E-state index is 12.3. The highest BCUT2D eigenvalue weighted by atomic mass is 79.9. The van der Waals surface area contributed by atoms with Gasteiger partial charge in [0.2, 0.25) is 5.96 Å². The van der Waals surface area contributed by atoms with E-state index in [0.717, 1.165) is 21.2 Å². The second-order valence-electron chi connectivity index (χ2n) is 6.12. The summed E-state index contributed by atoms with van der Waals surface area (Å²) in [5.41, 5.74) is 9.16. The zero-order valence-electron chi connectivity index (χ0n) is 15.2. The maximum Gasteiger partial charge on any atom is 0.264 e. The molecule has 0 unspecified atom stereocenters. The Kier molecular flexibility index (Phi) is 6.32. The lowest BCUT2D eigenvalue weighted by Crippen LogP contribution is -2.36. The fraction of sp³-hybridized carbons (Fsp3) is 0.0476. The molecule has 0 aliphatic heterocycles. The van der Waals surface area contributed by atoms with Gasteiger partial charge in [-0.25, -0.2) is 18.1 Å². The van der Waals surface area contributed by atoms with Gasteiger partial charge in [0.05, 0.1) is 23.1 Å². The van der Waals surface area contributed by atoms with Crippen LogP contribution in [0.1, 0.15) is 11.1 Å². The first kappa shape index (κ1) is 20.6. The first-order chi connectivity index (χ1) is 13.9. The van der Waals surface area contributed by atoms with Crippen LogP contribution in [0, 0.1) is 11.3 Å². The number of nitriles is 1. The molecule has 0 aliphatic rings. The highest BCUT2D eigenvalue weighted by Crippen LogP contribution is 2.29. The Morgan fingerprint density at radius 2 is 1.76 bits per heavy atom. The summed E-state index contributed by atoms with van der Waals surface area (Å²) >= 11 is 3.55. The predicted molar refractivity (Wildman–Crippen MR) is 116 cm³/mol. The van der Waals surface area contributed by atoms with Gasteiger partial charge in [-0.05, 0) is 47.0 Å². The van der Waals surface area contributed by atoms with Gasteiger partial charge >= 0.3 is 0 Å². The van der Waals surface area contributed by atoms with E-state index in [4.69, 9.17) is 11.0 Å². The van der Waals surface area contributed by atoms with Gasteiger partial charge in [-0.2, -0.15) is 5.26 Å². The van der Waals surface area contributed by atoms with Gasteiger partial charge in [-0.3, -0.25) is 0 Å². The van der Waals surface area contributed by atoms with Gasteiger partial charge in [0.15, 0.2) is 0 Å². The zero-order valence-corrected chi connectivity index (χ0v) is 17.6. The molecule has 6 nitrogen and oxygen atoms in total. The number of halogens is 1. The van der Waals surface area contributed by atoms with Crippen molar-refractivity contribution in [1.82, 2.24) is 4.72 Å². The van der Waals surface area contributed by atoms with Crippen molar-refractivity contribution in [2.45, 2.75) is 11.4 Å². The van der Waals surface area contributed by atoms with Gasteiger partial charge in [0, 0.05) is 4.47 Å². The molecule has 0 fully saturated rings. The second kappa shape index (κ2) is 8.90. The van der Waals surface area contributed by atoms with E-state index in [-0.39, 0.29) is 17.4 Å². The van der Waals surface area contributed by atoms with Crippen LogP contribution in [-0.4, -0.2) is 14.4 Å². The average Bonchev–Trinajstić information content (AvgIpc) is 2.73. The first-order valence-electron chi connectivity index (χ1n) is 8.56. The molecule has 0 aliphatic carbocycles. The summed E-state index contributed by atoms with van der Waals surface area (Å²) < 4.78 is 27.6. The minimum absolute atomic E-state index is 0.118. The van der Waals surface area contributed by atoms with Crippen LogP contribution in [0.5, 0.6) is 0 Å². The summed E-state index contributed by atoms with van der Waals surface area (Å²) in [6, 6.07) is 23.1. The third-order valence-electron chi connectivity index (χ3n) is 4.08. The molecular formula is C21H17BrN4O2S. The highest BCUT2D eigenvalue weighted by molar-refractivity contribution is 9.10. The van der Waals surface area contributed by atoms with Crippen molar-refractivity contribution in [2.75, 3.05) is 0 Å². The van der Waals surface area contributed by atoms with Crippen molar-refractivity contribution < 1.29 is 8.42 Å². The number of nitrogens with one attached hydrogen (secondary N) is 1. The number of benzene rings is 3. The Bertz CT molecular complexity index is 1190. The molecule has 0 amide bonds. The van der Waals surface area contributed by atoms with Crippen LogP contribution in [0.4, 0.5) is 0 Å². The van der Waals surface area contributed by atoms with Gasteiger partial charge in [-0.1, -0.05) is 58.4 Å². The van der Waals surface area contributed by atoms with E-state index in [2.05, 4.69) is 31.7 Å². The van der Waals surface area contributed by atoms with Crippen molar-refractivity contribution >= 4 is 31.9 Å². The number of nitrogens with zero attached hydrogens (tertiary/aromatic N) is 2. The molecule has 0 saturated heterocycles. The fourth-order valence-electron chi connectivity index (χ4n) is 2.62. The lowest BCUT2D eigenvalue weighted by molar-refractivity contribution is 0.592. The van der Waals surface area contributed by atoms with Crippen molar-refractivity contribution in [2.24, 2.45) is 10.7 Å². The summed E-state index contributed by atoms with van der Waals surface area (Å²) in [5.74, 6) is -0.179. The first-order valence-corrected chi connectivity index (χ1v) is 10.8. The van der Waals surface area contributed by atoms with Crippen LogP contribution < -0.4 is 10.5 Å². The monoisotopic (exact) mass is 468 g/mol. The van der Waals surface area contributed by atoms with E-state index < -0.39 is 10.0 Å². The Morgan fingerprint density at radius 3 is 2.38 bits per heavy atom. The third kappa shape index (κ3) is 5.22. The van der Waals surface area contributed by atoms with E-state index in [9.17, 15) is 8.42 Å². The molecule has 0 heterocycles. The normalized spacial score (nSPS) is 11.7. The third-order valence-corrected chi connectivity index (χ3v) is 6.11. The minimum atomic E-state index is -3.76. The Hall–Kier alpha value is -3.15. The van der Waals surface area contributed by atoms with Crippen LogP contribution in [0.15, 0.2) is 87.2 Å². The summed E-state index contributed by atoms with van der Waals surface area (Å²) in [6.07, 6.45) is 0. The summed E-state index contributed by atoms with van der Waals surface area (Å²) in [5, 5.41) is 8.90. The van der Waals surface area contributed by atoms with Gasteiger partial charge in [0.25, 0.3) is 10.0 Å². The smallest absolute Gasteiger partial charge is 0.264 e. The molecule has 146 valence electrons. The lowest BCUT2D eigenvalue weighted by Gasteiger charge is -2.09. The molecule has 29 heavy (non-hydrogen) atoms. The van der Waals surface area contributed by atoms with Crippen LogP contribution in [-0.2, 0) is 16.6 Å². The Labute approximate surface area is 177 Å². The van der Waals surface area contributed by atoms with Crippen LogP contribution in [0.25, 0.3) is 11.1 Å². The number of hydrogen-bond acceptors (Lipinski definition) is 4. The Morgan fingerprint density at radius 1 is 1.07 bits per heavy atom. The summed E-state index contributed by atoms with van der Waals surface area (Å²) in [6.45, 7) is 0.218. The Balaban J connectivity index is 1.72. The summed E-state index contributed by atoms with van der Waals surface area (Å²) in [4.78, 5) is 4.24. The zero-order chi connectivity index (χ0) is 20.9. The summed E-state index contributed by atoms with van der Waals surface area (Å²) in [7, 11) is -3.76. The molecule has 3 rings (SSSR count). The molecule has 0 saturated carbocycles. The fourth-order valence-corrected chi connectivity index (χ4v) is 4.25. The number of nitrogens with two attached hydrogens (primary N) is 1. The predicted octanol–water partition coefficient (Wildman–Crippen LogP) is 3.78. The van der Waals surface area contributed by atoms with E-state index >= 15 is 0 Å². The number of sulfonamides is 1. The van der Waals surface area contributed by atoms with E-state index in [0.29, 0.717) is 5.56 Å². The van der Waals surface area contributed by atoms with Crippen molar-refractivity contribution in [3.63, 3.8) is 0 Å². The highest BCUT2D eigenvalue weighted by Gasteiger charge is 2.14. The molecule has 0 bridgehead atoms. The van der Waals surface area contributed by atoms with Gasteiger partial charge in [0.1, 0.15) is 0 Å². The van der Waals surface area contributed by atoms with Crippen LogP contribution >= 0.6 is 15.9 Å². The number of guanidine groups is 1. The molecule has 3 aromatic carbocycles. The van der Waals surface area contributed by atoms with E-state index in [1.54, 1.807) is 30.3 Å². The number of hydrogen-bond donors (Lipinski definition) is 2. The molecule has 0 atom stereocenters. The SMILES string of the molecule is N#Cc1ccc(-c2ccc(CN=C(N)NS(=O)(=O)c3ccccc3)cc2Br)cc1. The maximum atomic E-state index is 12.3. The van der Waals surface area contributed by atoms with Crippen molar-refractivity contribution in [1.29, 1.82) is 5.26 Å². The molecule has 3 aromatic rings. The largest absolute Gasteiger partial charge is 0.369 e. The topological polar surface area (TPSA) is 108 Å². The second-order valence-corrected chi connectivity index (χ2v) is 8.66. The van der Waals surface area contributed by atoms with Crippen molar-refractivity contribution in [3.8, 4) is 17.2 Å². The molecule has 0 radical (unpaired) electrons. The molecule has 0 spiro atoms. The molecule has 8 heteroatoms. The number of aliphatic imine (C=N–C) groups is 1. The minimum Gasteiger partial charge on any atom is -0.369 e. The number of rotatable bonds is 5. The molecule has 0 aromatic heterocycles. The van der Waals surface area contributed by atoms with Crippen molar-refractivity contribution in [3.05, 3.63) is 88.4 Å². The molecular weight excluding hydrogens is 452 g/mol. The lowest BCUT2D eigenvalue weighted by atomic mass is 10.0. The van der Waals surface area contributed by atoms with E-state index in [1.807, 2.05) is 30.3 Å². The van der Waals surface area contributed by atoms with Crippen LogP contribution in [0.3, 0.4) is 0 Å². The molecule has 3 N–H and O–H groups in total.